The van der Waals surface area contributed by atoms with Crippen molar-refractivity contribution in [1.82, 2.24) is 4.98 Å². The van der Waals surface area contributed by atoms with Crippen LogP contribution in [0.15, 0.2) is 35.8 Å². The van der Waals surface area contributed by atoms with Crippen molar-refractivity contribution in [2.45, 2.75) is 13.3 Å². The largest absolute Gasteiger partial charge is 0.242 e. The molecule has 0 amide bonds. The van der Waals surface area contributed by atoms with E-state index in [1.807, 2.05) is 6.92 Å². The first-order valence-electron chi connectivity index (χ1n) is 4.32. The van der Waals surface area contributed by atoms with Crippen LogP contribution in [0.1, 0.15) is 17.1 Å². The second-order valence-electron chi connectivity index (χ2n) is 2.93. The van der Waals surface area contributed by atoms with Crippen LogP contribution in [-0.2, 0) is 0 Å². The zero-order valence-corrected chi connectivity index (χ0v) is 8.34. The molecule has 66 valence electrons. The number of nitrogens with zero attached hydrogens (tertiary/aromatic N) is 1. The molecule has 1 aliphatic carbocycles. The first kappa shape index (κ1) is 8.45. The van der Waals surface area contributed by atoms with Crippen molar-refractivity contribution >= 4 is 16.9 Å². The molecule has 0 aromatic carbocycles. The maximum atomic E-state index is 4.45. The molecule has 13 heavy (non-hydrogen) atoms. The highest BCUT2D eigenvalue weighted by Crippen LogP contribution is 2.20. The number of hydrogen-bond donors (Lipinski definition) is 0. The van der Waals surface area contributed by atoms with Gasteiger partial charge in [0.15, 0.2) is 0 Å². The predicted octanol–water partition coefficient (Wildman–Crippen LogP) is 3.35. The second-order valence-corrected chi connectivity index (χ2v) is 4.00. The Hall–Kier alpha value is -1.15. The lowest BCUT2D eigenvalue weighted by molar-refractivity contribution is 1.26. The van der Waals surface area contributed by atoms with E-state index in [1.54, 1.807) is 11.3 Å². The van der Waals surface area contributed by atoms with E-state index in [-0.39, 0.29) is 0 Å². The minimum atomic E-state index is 0.999. The van der Waals surface area contributed by atoms with Crippen molar-refractivity contribution in [2.24, 2.45) is 0 Å². The summed E-state index contributed by atoms with van der Waals surface area (Å²) in [5.74, 6) is 0. The highest BCUT2D eigenvalue weighted by atomic mass is 32.1. The standard InChI is InChI=1S/C11H11NS/c1-9-12-11(8-13-9)10-6-4-2-3-5-7-10/h2-4,6-8H,5H2,1H3. The molecular formula is C11H11NS. The third-order valence-electron chi connectivity index (χ3n) is 1.91. The van der Waals surface area contributed by atoms with Gasteiger partial charge in [0.25, 0.3) is 0 Å². The topological polar surface area (TPSA) is 12.9 Å². The number of thiazole rings is 1. The first-order valence-corrected chi connectivity index (χ1v) is 5.20. The highest BCUT2D eigenvalue weighted by molar-refractivity contribution is 7.09. The zero-order valence-electron chi connectivity index (χ0n) is 7.53. The van der Waals surface area contributed by atoms with Gasteiger partial charge in [-0.1, -0.05) is 30.4 Å². The summed E-state index contributed by atoms with van der Waals surface area (Å²) in [5, 5.41) is 3.23. The normalized spacial score (nSPS) is 15.6. The van der Waals surface area contributed by atoms with E-state index in [4.69, 9.17) is 0 Å². The number of allylic oxidation sites excluding steroid dienone is 6. The summed E-state index contributed by atoms with van der Waals surface area (Å²) >= 11 is 1.70. The molecule has 0 saturated carbocycles. The predicted molar refractivity (Wildman–Crippen MR) is 57.7 cm³/mol. The summed E-state index contributed by atoms with van der Waals surface area (Å²) in [5.41, 5.74) is 2.33. The van der Waals surface area contributed by atoms with Gasteiger partial charge in [-0.3, -0.25) is 0 Å². The molecule has 1 aliphatic rings. The summed E-state index contributed by atoms with van der Waals surface area (Å²) in [6.07, 6.45) is 11.6. The van der Waals surface area contributed by atoms with Crippen LogP contribution in [0.3, 0.4) is 0 Å². The molecule has 1 aromatic rings. The second kappa shape index (κ2) is 3.71. The molecule has 1 nitrogen and oxygen atoms in total. The Kier molecular flexibility index (Phi) is 2.41. The minimum absolute atomic E-state index is 0.999. The summed E-state index contributed by atoms with van der Waals surface area (Å²) in [7, 11) is 0. The smallest absolute Gasteiger partial charge is 0.0901 e. The van der Waals surface area contributed by atoms with Crippen molar-refractivity contribution in [2.75, 3.05) is 0 Å². The van der Waals surface area contributed by atoms with Gasteiger partial charge < -0.3 is 0 Å². The zero-order chi connectivity index (χ0) is 9.10. The maximum Gasteiger partial charge on any atom is 0.0901 e. The number of aromatic nitrogens is 1. The lowest BCUT2D eigenvalue weighted by Crippen LogP contribution is -1.80. The minimum Gasteiger partial charge on any atom is -0.242 e. The van der Waals surface area contributed by atoms with Gasteiger partial charge in [0.2, 0.25) is 0 Å². The fourth-order valence-electron chi connectivity index (χ4n) is 1.27. The van der Waals surface area contributed by atoms with E-state index in [0.717, 1.165) is 17.1 Å². The van der Waals surface area contributed by atoms with Gasteiger partial charge in [-0.2, -0.15) is 0 Å². The van der Waals surface area contributed by atoms with Crippen LogP contribution in [0.2, 0.25) is 0 Å². The van der Waals surface area contributed by atoms with E-state index in [2.05, 4.69) is 40.7 Å². The van der Waals surface area contributed by atoms with E-state index >= 15 is 0 Å². The Morgan fingerprint density at radius 1 is 1.38 bits per heavy atom. The number of rotatable bonds is 1. The van der Waals surface area contributed by atoms with Crippen LogP contribution in [0, 0.1) is 6.92 Å². The Morgan fingerprint density at radius 3 is 3.08 bits per heavy atom. The summed E-state index contributed by atoms with van der Waals surface area (Å²) < 4.78 is 0. The fraction of sp³-hybridized carbons (Fsp3) is 0.182. The average molecular weight is 189 g/mol. The van der Waals surface area contributed by atoms with E-state index in [0.29, 0.717) is 0 Å². The van der Waals surface area contributed by atoms with Gasteiger partial charge in [0, 0.05) is 5.38 Å². The van der Waals surface area contributed by atoms with Gasteiger partial charge in [-0.25, -0.2) is 4.98 Å². The fourth-order valence-corrected chi connectivity index (χ4v) is 1.89. The molecule has 2 rings (SSSR count). The van der Waals surface area contributed by atoms with E-state index in [9.17, 15) is 0 Å². The van der Waals surface area contributed by atoms with Crippen LogP contribution < -0.4 is 0 Å². The lowest BCUT2D eigenvalue weighted by Gasteiger charge is -1.94. The van der Waals surface area contributed by atoms with Crippen molar-refractivity contribution in [1.29, 1.82) is 0 Å². The molecule has 0 radical (unpaired) electrons. The Balaban J connectivity index is 2.31. The van der Waals surface area contributed by atoms with Crippen LogP contribution in [0.5, 0.6) is 0 Å². The number of hydrogen-bond acceptors (Lipinski definition) is 2. The molecule has 0 bridgehead atoms. The van der Waals surface area contributed by atoms with Gasteiger partial charge in [-0.15, -0.1) is 11.3 Å². The van der Waals surface area contributed by atoms with Gasteiger partial charge >= 0.3 is 0 Å². The summed E-state index contributed by atoms with van der Waals surface area (Å²) in [6.45, 7) is 2.04. The van der Waals surface area contributed by atoms with Crippen molar-refractivity contribution < 1.29 is 0 Å². The van der Waals surface area contributed by atoms with Gasteiger partial charge in [0.1, 0.15) is 0 Å². The van der Waals surface area contributed by atoms with E-state index in [1.165, 1.54) is 5.57 Å². The molecule has 0 fully saturated rings. The molecular weight excluding hydrogens is 178 g/mol. The lowest BCUT2D eigenvalue weighted by atomic mass is 10.2. The molecule has 1 heterocycles. The molecule has 0 saturated heterocycles. The van der Waals surface area contributed by atoms with Crippen molar-refractivity contribution in [3.05, 3.63) is 46.5 Å². The van der Waals surface area contributed by atoms with Crippen LogP contribution in [-0.4, -0.2) is 4.98 Å². The SMILES string of the molecule is Cc1nc(C2=CCC=CC=C2)cs1. The quantitative estimate of drug-likeness (QED) is 0.660. The van der Waals surface area contributed by atoms with Crippen molar-refractivity contribution in [3.8, 4) is 0 Å². The van der Waals surface area contributed by atoms with Gasteiger partial charge in [-0.05, 0) is 18.9 Å². The Labute approximate surface area is 82.1 Å². The molecule has 1 aromatic heterocycles. The highest BCUT2D eigenvalue weighted by Gasteiger charge is 2.01. The molecule has 0 aliphatic heterocycles. The van der Waals surface area contributed by atoms with E-state index < -0.39 is 0 Å². The van der Waals surface area contributed by atoms with Crippen LogP contribution >= 0.6 is 11.3 Å². The molecule has 0 N–H and O–H groups in total. The molecule has 0 spiro atoms. The molecule has 0 unspecified atom stereocenters. The molecule has 0 atom stereocenters. The first-order chi connectivity index (χ1) is 6.36. The third-order valence-corrected chi connectivity index (χ3v) is 2.69. The maximum absolute atomic E-state index is 4.45. The third kappa shape index (κ3) is 1.95. The van der Waals surface area contributed by atoms with Crippen LogP contribution in [0.25, 0.3) is 5.57 Å². The number of aryl methyl sites for hydroxylation is 1. The molecule has 2 heteroatoms. The van der Waals surface area contributed by atoms with Gasteiger partial charge in [0.05, 0.1) is 10.7 Å². The monoisotopic (exact) mass is 189 g/mol. The summed E-state index contributed by atoms with van der Waals surface area (Å²) in [4.78, 5) is 4.45. The Morgan fingerprint density at radius 2 is 2.31 bits per heavy atom. The van der Waals surface area contributed by atoms with Crippen molar-refractivity contribution in [3.63, 3.8) is 0 Å². The summed E-state index contributed by atoms with van der Waals surface area (Å²) in [6, 6.07) is 0. The van der Waals surface area contributed by atoms with Crippen LogP contribution in [0.4, 0.5) is 0 Å². The Bertz CT molecular complexity index is 383. The average Bonchev–Trinajstić information content (AvgIpc) is 2.43.